The van der Waals surface area contributed by atoms with Crippen LogP contribution in [0.4, 0.5) is 0 Å². The van der Waals surface area contributed by atoms with Crippen molar-refractivity contribution in [2.75, 3.05) is 19.8 Å². The lowest BCUT2D eigenvalue weighted by Crippen LogP contribution is -2.49. The number of carbonyl (C=O) groups is 1. The molecule has 4 aliphatic heterocycles. The molecule has 4 heterocycles. The van der Waals surface area contributed by atoms with Crippen molar-refractivity contribution in [2.45, 2.75) is 96.7 Å². The molecular weight excluding hydrogens is 370 g/mol. The summed E-state index contributed by atoms with van der Waals surface area (Å²) in [7, 11) is 0. The Morgan fingerprint density at radius 3 is 2.43 bits per heavy atom. The van der Waals surface area contributed by atoms with E-state index in [0.29, 0.717) is 26.2 Å². The first-order chi connectivity index (χ1) is 12.7. The molecule has 0 amide bonds. The average molecular weight is 403 g/mol. The normalized spacial score (nSPS) is 41.6. The fourth-order valence-electron chi connectivity index (χ4n) is 4.19. The standard InChI is InChI=1S/C18H29NO8.CH4/c1-6-21-16(20)10-7-8-23-19(10)15-14-13(26-18(4,5)27-14)12(24-15)11-9-22-17(2,3)25-11;/h10-15H,6-9H2,1-5H3;1H4. The fourth-order valence-corrected chi connectivity index (χ4v) is 4.19. The summed E-state index contributed by atoms with van der Waals surface area (Å²) in [4.78, 5) is 18.1. The monoisotopic (exact) mass is 403 g/mol. The second-order valence-electron chi connectivity index (χ2n) is 8.17. The van der Waals surface area contributed by atoms with Crippen LogP contribution in [-0.4, -0.2) is 79.1 Å². The maximum absolute atomic E-state index is 12.3. The van der Waals surface area contributed by atoms with E-state index in [1.54, 1.807) is 12.0 Å². The van der Waals surface area contributed by atoms with Gasteiger partial charge < -0.3 is 28.4 Å². The Hall–Kier alpha value is -0.810. The number of fused-ring (bicyclic) bond motifs is 1. The third-order valence-electron chi connectivity index (χ3n) is 5.21. The van der Waals surface area contributed by atoms with Gasteiger partial charge in [-0.2, -0.15) is 0 Å². The number of hydrogen-bond donors (Lipinski definition) is 0. The van der Waals surface area contributed by atoms with Gasteiger partial charge in [0.1, 0.15) is 30.5 Å². The molecular formula is C19H33NO8. The van der Waals surface area contributed by atoms with Crippen molar-refractivity contribution in [3.05, 3.63) is 0 Å². The molecule has 9 nitrogen and oxygen atoms in total. The minimum atomic E-state index is -0.760. The van der Waals surface area contributed by atoms with E-state index in [4.69, 9.17) is 33.3 Å². The van der Waals surface area contributed by atoms with Crippen molar-refractivity contribution in [3.8, 4) is 0 Å². The average Bonchev–Trinajstić information content (AvgIpc) is 3.30. The molecule has 0 N–H and O–H groups in total. The predicted octanol–water partition coefficient (Wildman–Crippen LogP) is 1.59. The smallest absolute Gasteiger partial charge is 0.325 e. The number of hydrogen-bond acceptors (Lipinski definition) is 9. The molecule has 9 heteroatoms. The number of nitrogens with zero attached hydrogens (tertiary/aromatic N) is 1. The molecule has 4 rings (SSSR count). The van der Waals surface area contributed by atoms with E-state index in [1.807, 2.05) is 27.7 Å². The first kappa shape index (κ1) is 21.9. The molecule has 0 saturated carbocycles. The molecule has 0 aromatic heterocycles. The lowest BCUT2D eigenvalue weighted by molar-refractivity contribution is -0.281. The van der Waals surface area contributed by atoms with E-state index in [0.717, 1.165) is 0 Å². The summed E-state index contributed by atoms with van der Waals surface area (Å²) in [6.07, 6.45) is -1.49. The van der Waals surface area contributed by atoms with Gasteiger partial charge in [0.2, 0.25) is 0 Å². The van der Waals surface area contributed by atoms with Gasteiger partial charge in [-0.1, -0.05) is 7.43 Å². The van der Waals surface area contributed by atoms with Crippen molar-refractivity contribution in [1.29, 1.82) is 0 Å². The topological polar surface area (TPSA) is 84.9 Å². The highest BCUT2D eigenvalue weighted by Crippen LogP contribution is 2.44. The minimum absolute atomic E-state index is 0. The summed E-state index contributed by atoms with van der Waals surface area (Å²) in [6, 6.07) is -0.529. The van der Waals surface area contributed by atoms with Crippen LogP contribution in [0.15, 0.2) is 0 Å². The molecule has 28 heavy (non-hydrogen) atoms. The summed E-state index contributed by atoms with van der Waals surface area (Å²) in [6.45, 7) is 10.4. The molecule has 0 aromatic carbocycles. The number of ether oxygens (including phenoxy) is 6. The van der Waals surface area contributed by atoms with Gasteiger partial charge >= 0.3 is 5.97 Å². The lowest BCUT2D eigenvalue weighted by atomic mass is 10.1. The maximum atomic E-state index is 12.3. The van der Waals surface area contributed by atoms with Crippen molar-refractivity contribution < 1.29 is 38.1 Å². The summed E-state index contributed by atoms with van der Waals surface area (Å²) in [5.41, 5.74) is 0. The van der Waals surface area contributed by atoms with E-state index in [1.165, 1.54) is 0 Å². The second-order valence-corrected chi connectivity index (χ2v) is 8.17. The highest BCUT2D eigenvalue weighted by Gasteiger charge is 2.62. The third kappa shape index (κ3) is 3.94. The van der Waals surface area contributed by atoms with Crippen LogP contribution in [0, 0.1) is 0 Å². The molecule has 4 saturated heterocycles. The Balaban J connectivity index is 0.00000225. The van der Waals surface area contributed by atoms with Crippen LogP contribution in [-0.2, 0) is 38.1 Å². The Bertz CT molecular complexity index is 582. The molecule has 6 unspecified atom stereocenters. The maximum Gasteiger partial charge on any atom is 0.325 e. The van der Waals surface area contributed by atoms with Gasteiger partial charge in [-0.05, 0) is 34.6 Å². The summed E-state index contributed by atoms with van der Waals surface area (Å²) in [5.74, 6) is -1.75. The highest BCUT2D eigenvalue weighted by atomic mass is 16.8. The van der Waals surface area contributed by atoms with E-state index >= 15 is 0 Å². The van der Waals surface area contributed by atoms with Crippen molar-refractivity contribution in [3.63, 3.8) is 0 Å². The van der Waals surface area contributed by atoms with Crippen LogP contribution in [0.1, 0.15) is 48.5 Å². The Labute approximate surface area is 166 Å². The van der Waals surface area contributed by atoms with Crippen molar-refractivity contribution in [1.82, 2.24) is 5.06 Å². The molecule has 6 atom stereocenters. The number of rotatable bonds is 4. The fraction of sp³-hybridized carbons (Fsp3) is 0.947. The van der Waals surface area contributed by atoms with Crippen LogP contribution in [0.25, 0.3) is 0 Å². The van der Waals surface area contributed by atoms with Gasteiger partial charge in [0.05, 0.1) is 19.8 Å². The first-order valence-electron chi connectivity index (χ1n) is 9.61. The largest absolute Gasteiger partial charge is 0.465 e. The van der Waals surface area contributed by atoms with Gasteiger partial charge in [0.15, 0.2) is 17.8 Å². The Morgan fingerprint density at radius 1 is 1.07 bits per heavy atom. The zero-order valence-electron chi connectivity index (χ0n) is 16.5. The first-order valence-corrected chi connectivity index (χ1v) is 9.61. The zero-order valence-corrected chi connectivity index (χ0v) is 16.5. The highest BCUT2D eigenvalue weighted by molar-refractivity contribution is 5.75. The van der Waals surface area contributed by atoms with E-state index in [2.05, 4.69) is 0 Å². The molecule has 4 aliphatic rings. The Morgan fingerprint density at radius 2 is 1.79 bits per heavy atom. The molecule has 0 bridgehead atoms. The van der Waals surface area contributed by atoms with Gasteiger partial charge in [0.25, 0.3) is 0 Å². The summed E-state index contributed by atoms with van der Waals surface area (Å²) >= 11 is 0. The van der Waals surface area contributed by atoms with Crippen molar-refractivity contribution >= 4 is 5.97 Å². The van der Waals surface area contributed by atoms with Crippen LogP contribution < -0.4 is 0 Å². The zero-order chi connectivity index (χ0) is 19.4. The molecule has 4 fully saturated rings. The minimum Gasteiger partial charge on any atom is -0.465 e. The van der Waals surface area contributed by atoms with Crippen LogP contribution >= 0.6 is 0 Å². The third-order valence-corrected chi connectivity index (χ3v) is 5.21. The molecule has 0 aromatic rings. The van der Waals surface area contributed by atoms with Crippen molar-refractivity contribution in [2.24, 2.45) is 0 Å². The van der Waals surface area contributed by atoms with E-state index < -0.39 is 36.1 Å². The molecule has 0 aliphatic carbocycles. The van der Waals surface area contributed by atoms with Gasteiger partial charge in [0, 0.05) is 6.42 Å². The van der Waals surface area contributed by atoms with Crippen LogP contribution in [0.2, 0.25) is 0 Å². The number of esters is 1. The second kappa shape index (κ2) is 7.79. The molecule has 162 valence electrons. The predicted molar refractivity (Wildman–Crippen MR) is 97.0 cm³/mol. The number of hydroxylamine groups is 2. The summed E-state index contributed by atoms with van der Waals surface area (Å²) in [5, 5.41) is 1.57. The summed E-state index contributed by atoms with van der Waals surface area (Å²) < 4.78 is 35.4. The quantitative estimate of drug-likeness (QED) is 0.650. The SMILES string of the molecule is C.CCOC(=O)C1CCON1C1OC(C2COC(C)(C)O2)C2OC(C)(C)OC21. The molecule has 0 spiro atoms. The van der Waals surface area contributed by atoms with Crippen LogP contribution in [0.3, 0.4) is 0 Å². The lowest BCUT2D eigenvalue weighted by Gasteiger charge is -2.31. The molecule has 0 radical (unpaired) electrons. The van der Waals surface area contributed by atoms with Gasteiger partial charge in [-0.3, -0.25) is 9.63 Å². The number of carbonyl (C=O) groups excluding carboxylic acids is 1. The van der Waals surface area contributed by atoms with E-state index in [9.17, 15) is 4.79 Å². The Kier molecular flexibility index (Phi) is 6.09. The van der Waals surface area contributed by atoms with E-state index in [-0.39, 0.29) is 25.6 Å². The van der Waals surface area contributed by atoms with Crippen LogP contribution in [0.5, 0.6) is 0 Å². The van der Waals surface area contributed by atoms with Gasteiger partial charge in [-0.25, -0.2) is 0 Å². The van der Waals surface area contributed by atoms with Gasteiger partial charge in [-0.15, -0.1) is 5.06 Å².